The second kappa shape index (κ2) is 13.2. The van der Waals surface area contributed by atoms with Crippen LogP contribution in [0.25, 0.3) is 6.08 Å². The van der Waals surface area contributed by atoms with Crippen molar-refractivity contribution in [2.75, 3.05) is 0 Å². The molecule has 0 N–H and O–H groups in total. The van der Waals surface area contributed by atoms with Gasteiger partial charge in [0, 0.05) is 12.0 Å². The third-order valence-electron chi connectivity index (χ3n) is 3.13. The maximum Gasteiger partial charge on any atom is 0.150 e. The lowest BCUT2D eigenvalue weighted by Gasteiger charge is -1.89. The number of aldehydes is 2. The van der Waals surface area contributed by atoms with E-state index in [2.05, 4.69) is 6.58 Å². The highest BCUT2D eigenvalue weighted by atomic mass is 16.1. The molecule has 0 aromatic heterocycles. The number of hydrogen-bond acceptors (Lipinski definition) is 2. The Balaban J connectivity index is 0.000000188. The lowest BCUT2D eigenvalue weighted by atomic mass is 10.2. The first-order chi connectivity index (χ1) is 12.3. The maximum absolute atomic E-state index is 10.0. The first-order valence-electron chi connectivity index (χ1n) is 7.95. The van der Waals surface area contributed by atoms with E-state index < -0.39 is 0 Å². The van der Waals surface area contributed by atoms with Crippen LogP contribution in [-0.4, -0.2) is 12.6 Å². The SMILES string of the molecule is C=Cc1ccccc1.O=CCc1ccccc1.O=Cc1ccccc1. The van der Waals surface area contributed by atoms with Gasteiger partial charge in [0.25, 0.3) is 0 Å². The Kier molecular flexibility index (Phi) is 10.5. The molecular formula is C23H22O2. The molecule has 0 aliphatic heterocycles. The van der Waals surface area contributed by atoms with E-state index in [0.717, 1.165) is 23.7 Å². The number of carbonyl (C=O) groups excluding carboxylic acids is 2. The lowest BCUT2D eigenvalue weighted by molar-refractivity contribution is -0.107. The Morgan fingerprint density at radius 1 is 0.640 bits per heavy atom. The Morgan fingerprint density at radius 3 is 1.40 bits per heavy atom. The minimum atomic E-state index is 0.529. The standard InChI is InChI=1S/C8H8O.C8H8.C7H6O/c9-7-6-8-4-2-1-3-5-8;1-2-8-6-4-3-5-7-8;8-6-7-4-2-1-3-5-7/h1-5,7H,6H2;2-7H,1H2;1-6H. The normalized spacial score (nSPS) is 8.64. The van der Waals surface area contributed by atoms with Crippen LogP contribution in [0.2, 0.25) is 0 Å². The van der Waals surface area contributed by atoms with E-state index in [1.54, 1.807) is 12.1 Å². The fraction of sp³-hybridized carbons (Fsp3) is 0.0435. The number of hydrogen-bond donors (Lipinski definition) is 0. The van der Waals surface area contributed by atoms with E-state index in [9.17, 15) is 9.59 Å². The molecule has 0 saturated carbocycles. The average Bonchev–Trinajstić information content (AvgIpc) is 2.71. The van der Waals surface area contributed by atoms with Crippen LogP contribution in [0.3, 0.4) is 0 Å². The average molecular weight is 330 g/mol. The van der Waals surface area contributed by atoms with Gasteiger partial charge in [0.2, 0.25) is 0 Å². The molecule has 0 heterocycles. The Hall–Kier alpha value is -3.26. The molecule has 0 radical (unpaired) electrons. The zero-order chi connectivity index (χ0) is 18.2. The molecule has 0 amide bonds. The summed E-state index contributed by atoms with van der Waals surface area (Å²) in [5, 5.41) is 0. The van der Waals surface area contributed by atoms with Crippen molar-refractivity contribution < 1.29 is 9.59 Å². The zero-order valence-electron chi connectivity index (χ0n) is 14.1. The van der Waals surface area contributed by atoms with Gasteiger partial charge >= 0.3 is 0 Å². The minimum absolute atomic E-state index is 0.529. The van der Waals surface area contributed by atoms with E-state index in [0.29, 0.717) is 6.42 Å². The highest BCUT2D eigenvalue weighted by molar-refractivity contribution is 5.74. The second-order valence-electron chi connectivity index (χ2n) is 5.00. The quantitative estimate of drug-likeness (QED) is 0.612. The molecule has 0 atom stereocenters. The number of benzene rings is 3. The van der Waals surface area contributed by atoms with Gasteiger partial charge in [-0.3, -0.25) is 4.79 Å². The summed E-state index contributed by atoms with van der Waals surface area (Å²) < 4.78 is 0. The summed E-state index contributed by atoms with van der Waals surface area (Å²) in [6.07, 6.45) is 4.11. The molecule has 2 nitrogen and oxygen atoms in total. The first kappa shape index (κ1) is 19.8. The van der Waals surface area contributed by atoms with Gasteiger partial charge in [-0.25, -0.2) is 0 Å². The first-order valence-corrected chi connectivity index (χ1v) is 7.95. The van der Waals surface area contributed by atoms with Crippen molar-refractivity contribution in [1.29, 1.82) is 0 Å². The van der Waals surface area contributed by atoms with Crippen molar-refractivity contribution in [3.05, 3.63) is 114 Å². The van der Waals surface area contributed by atoms with Crippen molar-refractivity contribution in [3.8, 4) is 0 Å². The van der Waals surface area contributed by atoms with Crippen LogP contribution in [0.4, 0.5) is 0 Å². The molecule has 126 valence electrons. The van der Waals surface area contributed by atoms with Crippen molar-refractivity contribution in [3.63, 3.8) is 0 Å². The molecule has 0 aliphatic rings. The van der Waals surface area contributed by atoms with Gasteiger partial charge in [-0.2, -0.15) is 0 Å². The molecule has 0 fully saturated rings. The smallest absolute Gasteiger partial charge is 0.150 e. The molecule has 0 bridgehead atoms. The fourth-order valence-corrected chi connectivity index (χ4v) is 1.83. The van der Waals surface area contributed by atoms with E-state index in [-0.39, 0.29) is 0 Å². The summed E-state index contributed by atoms with van der Waals surface area (Å²) in [4.78, 5) is 20.0. The van der Waals surface area contributed by atoms with Crippen LogP contribution < -0.4 is 0 Å². The van der Waals surface area contributed by atoms with Crippen LogP contribution in [0, 0.1) is 0 Å². The highest BCUT2D eigenvalue weighted by Crippen LogP contribution is 1.97. The van der Waals surface area contributed by atoms with Crippen LogP contribution in [0.15, 0.2) is 97.6 Å². The molecule has 25 heavy (non-hydrogen) atoms. The maximum atomic E-state index is 10.0. The summed E-state index contributed by atoms with van der Waals surface area (Å²) in [5.41, 5.74) is 2.98. The van der Waals surface area contributed by atoms with Crippen molar-refractivity contribution in [2.45, 2.75) is 6.42 Å². The van der Waals surface area contributed by atoms with E-state index in [1.165, 1.54) is 5.56 Å². The van der Waals surface area contributed by atoms with Crippen LogP contribution in [0.5, 0.6) is 0 Å². The molecule has 0 aliphatic carbocycles. The summed E-state index contributed by atoms with van der Waals surface area (Å²) >= 11 is 0. The van der Waals surface area contributed by atoms with Crippen LogP contribution >= 0.6 is 0 Å². The zero-order valence-corrected chi connectivity index (χ0v) is 14.1. The van der Waals surface area contributed by atoms with Gasteiger partial charge in [0.05, 0.1) is 0 Å². The van der Waals surface area contributed by atoms with Gasteiger partial charge in [-0.1, -0.05) is 104 Å². The molecule has 0 spiro atoms. The second-order valence-corrected chi connectivity index (χ2v) is 5.00. The molecule has 3 rings (SSSR count). The largest absolute Gasteiger partial charge is 0.303 e. The van der Waals surface area contributed by atoms with Gasteiger partial charge in [0.1, 0.15) is 12.6 Å². The van der Waals surface area contributed by atoms with Crippen LogP contribution in [0.1, 0.15) is 21.5 Å². The van der Waals surface area contributed by atoms with Crippen molar-refractivity contribution in [2.24, 2.45) is 0 Å². The minimum Gasteiger partial charge on any atom is -0.303 e. The van der Waals surface area contributed by atoms with Crippen molar-refractivity contribution >= 4 is 18.6 Å². The summed E-state index contributed by atoms with van der Waals surface area (Å²) in [7, 11) is 0. The number of rotatable bonds is 4. The van der Waals surface area contributed by atoms with E-state index in [1.807, 2.05) is 84.9 Å². The topological polar surface area (TPSA) is 34.1 Å². The Labute approximate surface area is 149 Å². The molecule has 0 saturated heterocycles. The molecule has 3 aromatic carbocycles. The summed E-state index contributed by atoms with van der Waals surface area (Å²) in [6, 6.07) is 28.8. The Morgan fingerprint density at radius 2 is 1.08 bits per heavy atom. The molecule has 3 aromatic rings. The van der Waals surface area contributed by atoms with Gasteiger partial charge in [-0.05, 0) is 11.1 Å². The third kappa shape index (κ3) is 9.47. The summed E-state index contributed by atoms with van der Waals surface area (Å²) in [6.45, 7) is 3.63. The van der Waals surface area contributed by atoms with Gasteiger partial charge in [0.15, 0.2) is 0 Å². The van der Waals surface area contributed by atoms with E-state index >= 15 is 0 Å². The summed E-state index contributed by atoms with van der Waals surface area (Å²) in [5.74, 6) is 0. The lowest BCUT2D eigenvalue weighted by Crippen LogP contribution is -1.82. The fourth-order valence-electron chi connectivity index (χ4n) is 1.83. The molecular weight excluding hydrogens is 308 g/mol. The van der Waals surface area contributed by atoms with Gasteiger partial charge in [-0.15, -0.1) is 0 Å². The highest BCUT2D eigenvalue weighted by Gasteiger charge is 1.84. The van der Waals surface area contributed by atoms with E-state index in [4.69, 9.17) is 0 Å². The Bertz CT molecular complexity index is 676. The third-order valence-corrected chi connectivity index (χ3v) is 3.13. The van der Waals surface area contributed by atoms with Crippen molar-refractivity contribution in [1.82, 2.24) is 0 Å². The van der Waals surface area contributed by atoms with Gasteiger partial charge < -0.3 is 4.79 Å². The number of carbonyl (C=O) groups is 2. The predicted octanol–water partition coefficient (Wildman–Crippen LogP) is 5.26. The predicted molar refractivity (Wildman–Crippen MR) is 105 cm³/mol. The molecule has 2 heteroatoms. The molecule has 0 unspecified atom stereocenters. The van der Waals surface area contributed by atoms with Crippen LogP contribution in [-0.2, 0) is 11.2 Å². The monoisotopic (exact) mass is 330 g/mol.